The average Bonchev–Trinajstić information content (AvgIpc) is 3.24. The number of aliphatic hydroxyl groups excluding tert-OH is 2. The molecular formula is C60H130O14S2Si6. The van der Waals surface area contributed by atoms with Crippen molar-refractivity contribution < 1.29 is 65.3 Å². The van der Waals surface area contributed by atoms with Crippen LogP contribution in [0.1, 0.15) is 153 Å². The molecule has 0 aliphatic carbocycles. The molecule has 2 aliphatic heterocycles. The number of carbonyl (C=O) groups excluding carboxylic acids is 2. The van der Waals surface area contributed by atoms with Crippen LogP contribution in [-0.4, -0.2) is 169 Å². The van der Waals surface area contributed by atoms with Gasteiger partial charge in [-0.1, -0.05) is 169 Å². The summed E-state index contributed by atoms with van der Waals surface area (Å²) in [6.07, 6.45) is -4.71. The Hall–Kier alpha value is 0.601. The van der Waals surface area contributed by atoms with Gasteiger partial charge in [0.25, 0.3) is 0 Å². The van der Waals surface area contributed by atoms with Crippen molar-refractivity contribution in [2.24, 2.45) is 0 Å². The van der Waals surface area contributed by atoms with Crippen molar-refractivity contribution in [3.63, 3.8) is 0 Å². The van der Waals surface area contributed by atoms with Crippen molar-refractivity contribution in [1.29, 1.82) is 0 Å². The standard InChI is InChI=1S/C29H62O8SSi3.C29H60O6SSi3.2CH4/c1-20(31)38-19-22-23(35-39(11,12)27(2,3)4)24(36-40(13,14)28(5,6)7)25(37-41(15,16)29(8,9)10)26(34-22)33-18-21(32)17-30;1-18-19-31-26-25(35-39(16,17)29(9,10)11)24(34-38(14,15)28(6,7)8)23(22(32-26)20-36-21(2)30)33-37(12,13)27(3,4)5;;/h21-26,30,32H,17-19H2,1-16H3;18,22-26H,1,19-20H2,2-17H3;2*1H4. The number of hydrogen-bond donors (Lipinski definition) is 2. The second kappa shape index (κ2) is 31.6. The number of aliphatic hydroxyl groups is 2. The molecule has 2 saturated heterocycles. The van der Waals surface area contributed by atoms with Gasteiger partial charge < -0.3 is 55.7 Å². The van der Waals surface area contributed by atoms with Crippen molar-refractivity contribution in [1.82, 2.24) is 0 Å². The third kappa shape index (κ3) is 24.1. The van der Waals surface area contributed by atoms with Gasteiger partial charge >= 0.3 is 0 Å². The highest BCUT2D eigenvalue weighted by molar-refractivity contribution is 8.13. The molecule has 2 N–H and O–H groups in total. The van der Waals surface area contributed by atoms with Crippen LogP contribution in [0.2, 0.25) is 109 Å². The number of thioether (sulfide) groups is 2. The Bertz CT molecular complexity index is 1950. The Kier molecular flexibility index (Phi) is 32.6. The predicted octanol–water partition coefficient (Wildman–Crippen LogP) is 16.2. The van der Waals surface area contributed by atoms with E-state index in [-0.39, 0.29) is 61.9 Å². The maximum atomic E-state index is 12.1. The Morgan fingerprint density at radius 3 is 0.915 bits per heavy atom. The SMILES string of the molecule is C.C.C=CCOC1OC(CSC(C)=O)C(O[Si](C)(C)C(C)(C)C)C(O[Si](C)(C)C(C)(C)C)C1O[Si](C)(C)C(C)(C)C.CC(=O)SCC1OC(OCC(O)CO)C(O[Si](C)(C)C(C)(C)C)C(O[Si](C)(C)C(C)(C)C)C1O[Si](C)(C)C(C)(C)C. The largest absolute Gasteiger partial charge is 0.409 e. The first-order chi connectivity index (χ1) is 35.4. The van der Waals surface area contributed by atoms with Crippen LogP contribution in [-0.2, 0) is 55.1 Å². The summed E-state index contributed by atoms with van der Waals surface area (Å²) >= 11 is 2.46. The molecule has 14 nitrogen and oxygen atoms in total. The molecule has 0 aromatic heterocycles. The van der Waals surface area contributed by atoms with E-state index < -0.39 is 124 Å². The fourth-order valence-corrected chi connectivity index (χ4v) is 16.2. The maximum Gasteiger partial charge on any atom is 0.192 e. The van der Waals surface area contributed by atoms with Gasteiger partial charge in [-0.3, -0.25) is 9.59 Å². The van der Waals surface area contributed by atoms with Crippen LogP contribution in [0.3, 0.4) is 0 Å². The first-order valence-corrected chi connectivity index (χ1v) is 48.6. The van der Waals surface area contributed by atoms with Gasteiger partial charge in [-0.2, -0.15) is 0 Å². The van der Waals surface area contributed by atoms with Crippen LogP contribution in [0.5, 0.6) is 0 Å². The Labute approximate surface area is 519 Å². The zero-order valence-electron chi connectivity index (χ0n) is 56.8. The minimum atomic E-state index is -2.38. The number of ether oxygens (including phenoxy) is 4. The first-order valence-electron chi connectivity index (χ1n) is 29.2. The van der Waals surface area contributed by atoms with E-state index in [0.717, 1.165) is 0 Å². The van der Waals surface area contributed by atoms with Gasteiger partial charge in [-0.05, 0) is 109 Å². The number of hydrogen-bond acceptors (Lipinski definition) is 16. The van der Waals surface area contributed by atoms with Gasteiger partial charge in [-0.15, -0.1) is 6.58 Å². The molecule has 0 aromatic carbocycles. The Balaban J connectivity index is 0. The maximum absolute atomic E-state index is 12.1. The predicted molar refractivity (Wildman–Crippen MR) is 365 cm³/mol. The zero-order chi connectivity index (χ0) is 63.2. The van der Waals surface area contributed by atoms with E-state index in [1.54, 1.807) is 19.9 Å². The molecule has 2 aliphatic rings. The lowest BCUT2D eigenvalue weighted by atomic mass is 10.00. The lowest BCUT2D eigenvalue weighted by Crippen LogP contribution is -2.68. The molecule has 0 aromatic rings. The van der Waals surface area contributed by atoms with Crippen molar-refractivity contribution in [3.05, 3.63) is 12.7 Å². The second-order valence-corrected chi connectivity index (χ2v) is 62.5. The molecule has 11 unspecified atom stereocenters. The minimum Gasteiger partial charge on any atom is -0.409 e. The fourth-order valence-electron chi connectivity index (χ4n) is 7.02. The van der Waals surface area contributed by atoms with Crippen LogP contribution < -0.4 is 0 Å². The minimum absolute atomic E-state index is 0. The molecule has 2 fully saturated rings. The summed E-state index contributed by atoms with van der Waals surface area (Å²) in [4.78, 5) is 24.2. The zero-order valence-corrected chi connectivity index (χ0v) is 64.4. The van der Waals surface area contributed by atoms with E-state index in [1.807, 2.05) is 0 Å². The molecule has 0 radical (unpaired) electrons. The smallest absolute Gasteiger partial charge is 0.192 e. The molecule has 82 heavy (non-hydrogen) atoms. The van der Waals surface area contributed by atoms with E-state index in [0.29, 0.717) is 18.1 Å². The van der Waals surface area contributed by atoms with E-state index in [4.69, 9.17) is 45.5 Å². The molecule has 0 spiro atoms. The number of rotatable bonds is 23. The van der Waals surface area contributed by atoms with Gasteiger partial charge in [0.05, 0.1) is 44.2 Å². The lowest BCUT2D eigenvalue weighted by Gasteiger charge is -2.54. The average molecular weight is 1310 g/mol. The van der Waals surface area contributed by atoms with Crippen LogP contribution in [0.4, 0.5) is 0 Å². The third-order valence-electron chi connectivity index (χ3n) is 18.5. The van der Waals surface area contributed by atoms with Gasteiger partial charge in [0.15, 0.2) is 72.7 Å². The summed E-state index contributed by atoms with van der Waals surface area (Å²) in [5.74, 6) is 0.841. The van der Waals surface area contributed by atoms with Crippen molar-refractivity contribution >= 4 is 83.7 Å². The molecule has 490 valence electrons. The summed E-state index contributed by atoms with van der Waals surface area (Å²) in [5, 5.41) is 19.4. The highest BCUT2D eigenvalue weighted by Gasteiger charge is 2.59. The van der Waals surface area contributed by atoms with Gasteiger partial charge in [0.1, 0.15) is 30.5 Å². The number of carbonyl (C=O) groups is 2. The summed E-state index contributed by atoms with van der Waals surface area (Å²) in [6.45, 7) is 73.6. The van der Waals surface area contributed by atoms with Gasteiger partial charge in [0.2, 0.25) is 0 Å². The quantitative estimate of drug-likeness (QED) is 0.0732. The summed E-state index contributed by atoms with van der Waals surface area (Å²) in [5.41, 5.74) is 0. The molecule has 0 saturated carbocycles. The summed E-state index contributed by atoms with van der Waals surface area (Å²) in [7, 11) is -13.9. The molecule has 2 heterocycles. The topological polar surface area (TPSA) is 167 Å². The van der Waals surface area contributed by atoms with Crippen molar-refractivity contribution in [3.8, 4) is 0 Å². The summed E-state index contributed by atoms with van der Waals surface area (Å²) < 4.78 is 68.9. The lowest BCUT2D eigenvalue weighted by molar-refractivity contribution is -0.287. The highest BCUT2D eigenvalue weighted by atomic mass is 32.2. The molecular weight excluding hydrogens is 1180 g/mol. The molecule has 11 atom stereocenters. The van der Waals surface area contributed by atoms with Crippen molar-refractivity contribution in [2.45, 2.75) is 330 Å². The van der Waals surface area contributed by atoms with E-state index in [9.17, 15) is 19.8 Å². The van der Waals surface area contributed by atoms with E-state index in [1.165, 1.54) is 23.5 Å². The van der Waals surface area contributed by atoms with Crippen LogP contribution in [0.15, 0.2) is 12.7 Å². The normalized spacial score (nSPS) is 25.5. The second-order valence-electron chi connectivity index (χ2n) is 31.5. The fraction of sp³-hybridized carbons (Fsp3) is 0.933. The van der Waals surface area contributed by atoms with Gasteiger partial charge in [0, 0.05) is 25.4 Å². The Morgan fingerprint density at radius 1 is 0.463 bits per heavy atom. The van der Waals surface area contributed by atoms with Crippen LogP contribution in [0, 0.1) is 0 Å². The highest BCUT2D eigenvalue weighted by Crippen LogP contribution is 2.49. The van der Waals surface area contributed by atoms with Crippen LogP contribution >= 0.6 is 23.5 Å². The summed E-state index contributed by atoms with van der Waals surface area (Å²) in [6, 6.07) is 0. The molecule has 2 rings (SSSR count). The van der Waals surface area contributed by atoms with Gasteiger partial charge in [-0.25, -0.2) is 0 Å². The monoisotopic (exact) mass is 1310 g/mol. The van der Waals surface area contributed by atoms with Crippen molar-refractivity contribution in [2.75, 3.05) is 31.3 Å². The Morgan fingerprint density at radius 2 is 0.695 bits per heavy atom. The molecule has 22 heteroatoms. The van der Waals surface area contributed by atoms with E-state index >= 15 is 0 Å². The molecule has 0 bridgehead atoms. The molecule has 0 amide bonds. The van der Waals surface area contributed by atoms with E-state index in [2.05, 4.69) is 210 Å². The third-order valence-corrected chi connectivity index (χ3v) is 47.2. The van der Waals surface area contributed by atoms with Crippen LogP contribution in [0.25, 0.3) is 0 Å². The first kappa shape index (κ1) is 84.7.